The van der Waals surface area contributed by atoms with E-state index in [9.17, 15) is 4.79 Å². The molecule has 0 saturated heterocycles. The second-order valence-corrected chi connectivity index (χ2v) is 6.75. The van der Waals surface area contributed by atoms with Crippen LogP contribution in [0, 0.1) is 0 Å². The molecule has 2 aromatic carbocycles. The molecule has 1 aliphatic rings. The number of rotatable bonds is 5. The Hall–Kier alpha value is -3.60. The lowest BCUT2D eigenvalue weighted by Gasteiger charge is -2.27. The van der Waals surface area contributed by atoms with Crippen molar-refractivity contribution >= 4 is 12.0 Å². The van der Waals surface area contributed by atoms with Crippen LogP contribution in [0.25, 0.3) is 6.08 Å². The molecule has 1 atom stereocenters. The van der Waals surface area contributed by atoms with E-state index in [1.807, 2.05) is 66.7 Å². The molecule has 4 rings (SSSR count). The standard InChI is InChI=1S/C24H22N2O3/c1-26(24(19-7-3-2-4-8-19)20-9-5-6-14-25-20)23(27)13-11-18-10-12-21-22(17-18)29-16-15-28-21/h2-14,17,24H,15-16H2,1H3. The highest BCUT2D eigenvalue weighted by atomic mass is 16.6. The van der Waals surface area contributed by atoms with Gasteiger partial charge in [-0.2, -0.15) is 0 Å². The number of hydrogen-bond acceptors (Lipinski definition) is 4. The van der Waals surface area contributed by atoms with Crippen LogP contribution >= 0.6 is 0 Å². The Morgan fingerprint density at radius 1 is 1.00 bits per heavy atom. The van der Waals surface area contributed by atoms with Crippen LogP contribution in [-0.4, -0.2) is 36.1 Å². The summed E-state index contributed by atoms with van der Waals surface area (Å²) in [4.78, 5) is 19.1. The van der Waals surface area contributed by atoms with Crippen molar-refractivity contribution in [2.45, 2.75) is 6.04 Å². The molecule has 1 amide bonds. The fourth-order valence-electron chi connectivity index (χ4n) is 3.34. The van der Waals surface area contributed by atoms with Gasteiger partial charge in [0.05, 0.1) is 11.7 Å². The number of amides is 1. The van der Waals surface area contributed by atoms with E-state index >= 15 is 0 Å². The van der Waals surface area contributed by atoms with Gasteiger partial charge in [0.1, 0.15) is 13.2 Å². The fraction of sp³-hybridized carbons (Fsp3) is 0.167. The van der Waals surface area contributed by atoms with E-state index in [4.69, 9.17) is 9.47 Å². The van der Waals surface area contributed by atoms with Crippen molar-refractivity contribution < 1.29 is 14.3 Å². The first-order chi connectivity index (χ1) is 14.2. The van der Waals surface area contributed by atoms with E-state index in [1.165, 1.54) is 0 Å². The topological polar surface area (TPSA) is 51.7 Å². The van der Waals surface area contributed by atoms with Gasteiger partial charge >= 0.3 is 0 Å². The Labute approximate surface area is 170 Å². The average molecular weight is 386 g/mol. The molecule has 1 unspecified atom stereocenters. The number of nitrogens with zero attached hydrogens (tertiary/aromatic N) is 2. The van der Waals surface area contributed by atoms with Crippen molar-refractivity contribution in [3.8, 4) is 11.5 Å². The monoisotopic (exact) mass is 386 g/mol. The number of benzene rings is 2. The third-order valence-electron chi connectivity index (χ3n) is 4.80. The molecule has 1 aromatic heterocycles. The summed E-state index contributed by atoms with van der Waals surface area (Å²) < 4.78 is 11.2. The van der Waals surface area contributed by atoms with Crippen molar-refractivity contribution in [1.29, 1.82) is 0 Å². The molecule has 2 heterocycles. The van der Waals surface area contributed by atoms with E-state index in [0.29, 0.717) is 19.0 Å². The summed E-state index contributed by atoms with van der Waals surface area (Å²) in [6, 6.07) is 21.0. The summed E-state index contributed by atoms with van der Waals surface area (Å²) in [6.45, 7) is 1.09. The normalized spacial score (nSPS) is 13.8. The van der Waals surface area contributed by atoms with Gasteiger partial charge in [0, 0.05) is 19.3 Å². The van der Waals surface area contributed by atoms with Crippen molar-refractivity contribution in [3.05, 3.63) is 95.8 Å². The Bertz CT molecular complexity index is 964. The molecule has 0 aliphatic carbocycles. The molecule has 29 heavy (non-hydrogen) atoms. The van der Waals surface area contributed by atoms with Crippen molar-refractivity contribution in [2.24, 2.45) is 0 Å². The van der Waals surface area contributed by atoms with Crippen LogP contribution in [0.1, 0.15) is 22.9 Å². The first-order valence-corrected chi connectivity index (χ1v) is 9.53. The number of fused-ring (bicyclic) bond motifs is 1. The SMILES string of the molecule is CN(C(=O)C=Cc1ccc2c(c1)OCCO2)C(c1ccccc1)c1ccccn1. The van der Waals surface area contributed by atoms with Crippen LogP contribution in [0.15, 0.2) is 79.0 Å². The minimum absolute atomic E-state index is 0.112. The molecule has 0 N–H and O–H groups in total. The lowest BCUT2D eigenvalue weighted by molar-refractivity contribution is -0.126. The maximum Gasteiger partial charge on any atom is 0.247 e. The van der Waals surface area contributed by atoms with Gasteiger partial charge in [0.25, 0.3) is 0 Å². The molecular weight excluding hydrogens is 364 g/mol. The van der Waals surface area contributed by atoms with Crippen LogP contribution < -0.4 is 9.47 Å². The van der Waals surface area contributed by atoms with E-state index < -0.39 is 0 Å². The molecule has 1 aliphatic heterocycles. The van der Waals surface area contributed by atoms with Crippen molar-refractivity contribution in [1.82, 2.24) is 9.88 Å². The molecule has 3 aromatic rings. The van der Waals surface area contributed by atoms with Gasteiger partial charge in [0.2, 0.25) is 5.91 Å². The maximum atomic E-state index is 12.9. The highest BCUT2D eigenvalue weighted by Crippen LogP contribution is 2.31. The number of carbonyl (C=O) groups is 1. The van der Waals surface area contributed by atoms with E-state index in [2.05, 4.69) is 4.98 Å². The number of carbonyl (C=O) groups excluding carboxylic acids is 1. The third kappa shape index (κ3) is 4.29. The van der Waals surface area contributed by atoms with Gasteiger partial charge in [-0.05, 0) is 41.5 Å². The summed E-state index contributed by atoms with van der Waals surface area (Å²) in [5, 5.41) is 0. The molecule has 5 nitrogen and oxygen atoms in total. The number of hydrogen-bond donors (Lipinski definition) is 0. The van der Waals surface area contributed by atoms with E-state index in [-0.39, 0.29) is 11.9 Å². The summed E-state index contributed by atoms with van der Waals surface area (Å²) in [7, 11) is 1.79. The van der Waals surface area contributed by atoms with Gasteiger partial charge in [-0.3, -0.25) is 9.78 Å². The van der Waals surface area contributed by atoms with Crippen molar-refractivity contribution in [3.63, 3.8) is 0 Å². The lowest BCUT2D eigenvalue weighted by Crippen LogP contribution is -2.31. The minimum Gasteiger partial charge on any atom is -0.486 e. The summed E-state index contributed by atoms with van der Waals surface area (Å²) in [5.74, 6) is 1.32. The maximum absolute atomic E-state index is 12.9. The average Bonchev–Trinajstić information content (AvgIpc) is 2.79. The van der Waals surface area contributed by atoms with Crippen molar-refractivity contribution in [2.75, 3.05) is 20.3 Å². The molecule has 0 spiro atoms. The van der Waals surface area contributed by atoms with Gasteiger partial charge in [-0.1, -0.05) is 42.5 Å². The second-order valence-electron chi connectivity index (χ2n) is 6.75. The molecule has 146 valence electrons. The molecule has 0 fully saturated rings. The second kappa shape index (κ2) is 8.61. The summed E-state index contributed by atoms with van der Waals surface area (Å²) in [5.41, 5.74) is 2.71. The predicted molar refractivity (Wildman–Crippen MR) is 112 cm³/mol. The lowest BCUT2D eigenvalue weighted by atomic mass is 10.0. The van der Waals surface area contributed by atoms with E-state index in [1.54, 1.807) is 30.3 Å². The van der Waals surface area contributed by atoms with Gasteiger partial charge in [-0.15, -0.1) is 0 Å². The first-order valence-electron chi connectivity index (χ1n) is 9.53. The van der Waals surface area contributed by atoms with Crippen LogP contribution in [-0.2, 0) is 4.79 Å². The molecular formula is C24H22N2O3. The Morgan fingerprint density at radius 3 is 2.52 bits per heavy atom. The number of aromatic nitrogens is 1. The Balaban J connectivity index is 1.57. The number of pyridine rings is 1. The minimum atomic E-state index is -0.269. The van der Waals surface area contributed by atoms with Crippen LogP contribution in [0.4, 0.5) is 0 Å². The third-order valence-corrected chi connectivity index (χ3v) is 4.80. The molecule has 0 saturated carbocycles. The Kier molecular flexibility index (Phi) is 5.56. The zero-order valence-corrected chi connectivity index (χ0v) is 16.2. The van der Waals surface area contributed by atoms with Gasteiger partial charge in [0.15, 0.2) is 11.5 Å². The van der Waals surface area contributed by atoms with Crippen LogP contribution in [0.5, 0.6) is 11.5 Å². The Morgan fingerprint density at radius 2 is 1.76 bits per heavy atom. The quantitative estimate of drug-likeness (QED) is 0.619. The van der Waals surface area contributed by atoms with E-state index in [0.717, 1.165) is 22.6 Å². The van der Waals surface area contributed by atoms with Crippen LogP contribution in [0.2, 0.25) is 0 Å². The summed E-state index contributed by atoms with van der Waals surface area (Å²) in [6.07, 6.45) is 5.11. The molecule has 5 heteroatoms. The highest BCUT2D eigenvalue weighted by Gasteiger charge is 2.23. The zero-order valence-electron chi connectivity index (χ0n) is 16.2. The first kappa shape index (κ1) is 18.7. The van der Waals surface area contributed by atoms with Gasteiger partial charge < -0.3 is 14.4 Å². The summed E-state index contributed by atoms with van der Waals surface area (Å²) >= 11 is 0. The fourth-order valence-corrected chi connectivity index (χ4v) is 3.34. The largest absolute Gasteiger partial charge is 0.486 e. The smallest absolute Gasteiger partial charge is 0.247 e. The molecule has 0 radical (unpaired) electrons. The number of ether oxygens (including phenoxy) is 2. The number of likely N-dealkylation sites (N-methyl/N-ethyl adjacent to an activating group) is 1. The molecule has 0 bridgehead atoms. The van der Waals surface area contributed by atoms with Crippen LogP contribution in [0.3, 0.4) is 0 Å². The zero-order chi connectivity index (χ0) is 20.1. The van der Waals surface area contributed by atoms with Gasteiger partial charge in [-0.25, -0.2) is 0 Å². The predicted octanol–water partition coefficient (Wildman–Crippen LogP) is 4.11. The highest BCUT2D eigenvalue weighted by molar-refractivity contribution is 5.92.